The third-order valence-corrected chi connectivity index (χ3v) is 6.41. The van der Waals surface area contributed by atoms with Crippen LogP contribution in [0.3, 0.4) is 0 Å². The highest BCUT2D eigenvalue weighted by molar-refractivity contribution is 9.10. The van der Waals surface area contributed by atoms with Gasteiger partial charge in [0.05, 0.1) is 18.5 Å². The van der Waals surface area contributed by atoms with E-state index < -0.39 is 10.0 Å². The van der Waals surface area contributed by atoms with Crippen molar-refractivity contribution in [1.29, 1.82) is 0 Å². The van der Waals surface area contributed by atoms with E-state index in [1.807, 2.05) is 6.07 Å². The van der Waals surface area contributed by atoms with Crippen LogP contribution in [0.2, 0.25) is 0 Å². The first-order valence-electron chi connectivity index (χ1n) is 7.38. The van der Waals surface area contributed by atoms with Crippen LogP contribution >= 0.6 is 15.9 Å². The van der Waals surface area contributed by atoms with Crippen molar-refractivity contribution in [3.05, 3.63) is 28.7 Å². The lowest BCUT2D eigenvalue weighted by Gasteiger charge is -2.27. The van der Waals surface area contributed by atoms with Gasteiger partial charge in [0.1, 0.15) is 26.2 Å². The fraction of sp³-hybridized carbons (Fsp3) is 0.571. The zero-order valence-corrected chi connectivity index (χ0v) is 14.8. The molecule has 7 heteroatoms. The molecule has 0 bridgehead atoms. The standard InChI is InChI=1S/C14H22BrN3O2S/c1-17-9-11-18(12-10-17)8-4-7-16-21(19,20)14-6-3-2-5-13(14)15/h2-3,5-6,16H,4,7-12H2,1H3/p+2. The SMILES string of the molecule is C[NH+]1CC[NH+](CCCNS(=O)(=O)c2ccccc2Br)CC1. The summed E-state index contributed by atoms with van der Waals surface area (Å²) in [6.45, 7) is 6.31. The van der Waals surface area contributed by atoms with E-state index in [2.05, 4.69) is 27.7 Å². The van der Waals surface area contributed by atoms with E-state index in [1.54, 1.807) is 28.0 Å². The Balaban J connectivity index is 1.77. The van der Waals surface area contributed by atoms with Crippen molar-refractivity contribution in [3.8, 4) is 0 Å². The van der Waals surface area contributed by atoms with Gasteiger partial charge in [0.25, 0.3) is 0 Å². The van der Waals surface area contributed by atoms with E-state index in [-0.39, 0.29) is 0 Å². The van der Waals surface area contributed by atoms with Gasteiger partial charge in [-0.1, -0.05) is 12.1 Å². The second-order valence-corrected chi connectivity index (χ2v) is 8.23. The van der Waals surface area contributed by atoms with Crippen molar-refractivity contribution in [2.24, 2.45) is 0 Å². The number of likely N-dealkylation sites (N-methyl/N-ethyl adjacent to an activating group) is 1. The zero-order valence-electron chi connectivity index (χ0n) is 12.4. The van der Waals surface area contributed by atoms with Gasteiger partial charge in [-0.2, -0.15) is 0 Å². The number of nitrogens with one attached hydrogen (secondary N) is 3. The number of sulfonamides is 1. The summed E-state index contributed by atoms with van der Waals surface area (Å²) in [6.07, 6.45) is 0.873. The average molecular weight is 378 g/mol. The van der Waals surface area contributed by atoms with Gasteiger partial charge in [0.2, 0.25) is 10.0 Å². The van der Waals surface area contributed by atoms with Crippen molar-refractivity contribution in [1.82, 2.24) is 4.72 Å². The van der Waals surface area contributed by atoms with E-state index in [1.165, 1.54) is 26.2 Å². The molecule has 1 aromatic rings. The first kappa shape index (κ1) is 16.9. The predicted octanol–water partition coefficient (Wildman–Crippen LogP) is -1.47. The highest BCUT2D eigenvalue weighted by Crippen LogP contribution is 2.20. The van der Waals surface area contributed by atoms with Crippen molar-refractivity contribution in [2.45, 2.75) is 11.3 Å². The van der Waals surface area contributed by atoms with Gasteiger partial charge in [-0.25, -0.2) is 13.1 Å². The lowest BCUT2D eigenvalue weighted by molar-refractivity contribution is -1.00. The molecule has 3 N–H and O–H groups in total. The Hall–Kier alpha value is -0.470. The number of piperazine rings is 1. The molecular weight excluding hydrogens is 354 g/mol. The summed E-state index contributed by atoms with van der Waals surface area (Å²) in [7, 11) is -1.19. The first-order chi connectivity index (χ1) is 9.99. The Morgan fingerprint density at radius 3 is 2.52 bits per heavy atom. The molecule has 0 radical (unpaired) electrons. The molecular formula is C14H24BrN3O2S+2. The molecule has 0 amide bonds. The summed E-state index contributed by atoms with van der Waals surface area (Å²) in [5.41, 5.74) is 0. The number of benzene rings is 1. The van der Waals surface area contributed by atoms with Crippen LogP contribution in [0, 0.1) is 0 Å². The molecule has 21 heavy (non-hydrogen) atoms. The number of hydrogen-bond donors (Lipinski definition) is 3. The maximum atomic E-state index is 12.2. The first-order valence-corrected chi connectivity index (χ1v) is 9.66. The molecule has 0 atom stereocenters. The third-order valence-electron chi connectivity index (χ3n) is 3.94. The van der Waals surface area contributed by atoms with E-state index in [0.717, 1.165) is 13.0 Å². The van der Waals surface area contributed by atoms with Crippen molar-refractivity contribution in [3.63, 3.8) is 0 Å². The smallest absolute Gasteiger partial charge is 0.241 e. The molecule has 0 aliphatic carbocycles. The molecule has 0 aromatic heterocycles. The van der Waals surface area contributed by atoms with Crippen LogP contribution in [0.15, 0.2) is 33.6 Å². The predicted molar refractivity (Wildman–Crippen MR) is 86.1 cm³/mol. The van der Waals surface area contributed by atoms with Crippen LogP contribution < -0.4 is 14.5 Å². The summed E-state index contributed by atoms with van der Waals surface area (Å²) in [5, 5.41) is 0. The molecule has 5 nitrogen and oxygen atoms in total. The van der Waals surface area contributed by atoms with Gasteiger partial charge in [-0.05, 0) is 28.1 Å². The van der Waals surface area contributed by atoms with Gasteiger partial charge >= 0.3 is 0 Å². The monoisotopic (exact) mass is 377 g/mol. The summed E-state index contributed by atoms with van der Waals surface area (Å²) < 4.78 is 27.7. The van der Waals surface area contributed by atoms with E-state index in [4.69, 9.17) is 0 Å². The fourth-order valence-electron chi connectivity index (χ4n) is 2.57. The molecule has 1 aliphatic rings. The largest absolute Gasteiger partial charge is 0.328 e. The topological polar surface area (TPSA) is 55.1 Å². The van der Waals surface area contributed by atoms with Gasteiger partial charge in [0, 0.05) is 17.4 Å². The summed E-state index contributed by atoms with van der Waals surface area (Å²) in [6, 6.07) is 6.89. The Morgan fingerprint density at radius 2 is 1.86 bits per heavy atom. The van der Waals surface area contributed by atoms with Crippen molar-refractivity contribution < 1.29 is 18.2 Å². The third kappa shape index (κ3) is 5.03. The van der Waals surface area contributed by atoms with Crippen LogP contribution in [0.1, 0.15) is 6.42 Å². The lowest BCUT2D eigenvalue weighted by atomic mass is 10.3. The van der Waals surface area contributed by atoms with Crippen molar-refractivity contribution in [2.75, 3.05) is 46.3 Å². The van der Waals surface area contributed by atoms with Crippen molar-refractivity contribution >= 4 is 26.0 Å². The molecule has 118 valence electrons. The second-order valence-electron chi connectivity index (χ2n) is 5.64. The minimum atomic E-state index is -3.41. The Kier molecular flexibility index (Phi) is 6.19. The maximum Gasteiger partial charge on any atom is 0.241 e. The second kappa shape index (κ2) is 7.69. The Bertz CT molecular complexity index is 557. The van der Waals surface area contributed by atoms with E-state index >= 15 is 0 Å². The molecule has 1 aromatic carbocycles. The maximum absolute atomic E-state index is 12.2. The minimum absolute atomic E-state index is 0.306. The van der Waals surface area contributed by atoms with E-state index in [0.29, 0.717) is 15.9 Å². The summed E-state index contributed by atoms with van der Waals surface area (Å²) >= 11 is 3.28. The lowest BCUT2D eigenvalue weighted by Crippen LogP contribution is -3.27. The summed E-state index contributed by atoms with van der Waals surface area (Å²) in [4.78, 5) is 3.48. The molecule has 2 rings (SSSR count). The molecule has 1 fully saturated rings. The normalized spacial score (nSPS) is 23.1. The van der Waals surface area contributed by atoms with Crippen LogP contribution in [0.25, 0.3) is 0 Å². The van der Waals surface area contributed by atoms with Crippen LogP contribution in [-0.4, -0.2) is 54.7 Å². The van der Waals surface area contributed by atoms with Gasteiger partial charge in [-0.15, -0.1) is 0 Å². The van der Waals surface area contributed by atoms with E-state index in [9.17, 15) is 8.42 Å². The van der Waals surface area contributed by atoms with Gasteiger partial charge in [0.15, 0.2) is 0 Å². The quantitative estimate of drug-likeness (QED) is 0.530. The highest BCUT2D eigenvalue weighted by atomic mass is 79.9. The number of rotatable bonds is 6. The van der Waals surface area contributed by atoms with Crippen LogP contribution in [-0.2, 0) is 10.0 Å². The highest BCUT2D eigenvalue weighted by Gasteiger charge is 2.20. The molecule has 1 aliphatic heterocycles. The average Bonchev–Trinajstić information content (AvgIpc) is 2.46. The number of halogens is 1. The molecule has 0 unspecified atom stereocenters. The number of quaternary nitrogens is 2. The molecule has 0 saturated carbocycles. The zero-order chi connectivity index (χ0) is 15.3. The van der Waals surface area contributed by atoms with Crippen LogP contribution in [0.5, 0.6) is 0 Å². The fourth-order valence-corrected chi connectivity index (χ4v) is 4.64. The molecule has 1 saturated heterocycles. The summed E-state index contributed by atoms with van der Waals surface area (Å²) in [5.74, 6) is 0. The molecule has 1 heterocycles. The van der Waals surface area contributed by atoms with Gasteiger partial charge in [-0.3, -0.25) is 0 Å². The number of hydrogen-bond acceptors (Lipinski definition) is 2. The Morgan fingerprint density at radius 1 is 1.19 bits per heavy atom. The molecule has 0 spiro atoms. The Labute approximate surface area is 135 Å². The minimum Gasteiger partial charge on any atom is -0.328 e. The van der Waals surface area contributed by atoms with Crippen LogP contribution in [0.4, 0.5) is 0 Å². The van der Waals surface area contributed by atoms with Gasteiger partial charge < -0.3 is 9.80 Å².